The summed E-state index contributed by atoms with van der Waals surface area (Å²) in [5.41, 5.74) is 8.98. The quantitative estimate of drug-likeness (QED) is 0.144. The SMILES string of the molecule is NCCNC(=O)CCOCCOCCOCCOCCNC(=O)c1ccc2nc(CBr)c(CBr)nc2c1. The fraction of sp³-hybridized carbons (Fsp3) is 0.583. The molecule has 2 rings (SSSR count). The highest BCUT2D eigenvalue weighted by molar-refractivity contribution is 9.09. The van der Waals surface area contributed by atoms with Gasteiger partial charge in [-0.05, 0) is 18.2 Å². The predicted molar refractivity (Wildman–Crippen MR) is 147 cm³/mol. The van der Waals surface area contributed by atoms with E-state index < -0.39 is 0 Å². The molecule has 0 saturated carbocycles. The van der Waals surface area contributed by atoms with Crippen molar-refractivity contribution in [3.8, 4) is 0 Å². The van der Waals surface area contributed by atoms with E-state index >= 15 is 0 Å². The minimum absolute atomic E-state index is 0.0715. The molecule has 2 amide bonds. The van der Waals surface area contributed by atoms with E-state index in [2.05, 4.69) is 52.5 Å². The number of benzene rings is 1. The molecule has 0 atom stereocenters. The molecule has 0 spiro atoms. The van der Waals surface area contributed by atoms with Crippen LogP contribution in [0.3, 0.4) is 0 Å². The molecule has 0 aliphatic rings. The van der Waals surface area contributed by atoms with Gasteiger partial charge in [-0.1, -0.05) is 31.9 Å². The number of fused-ring (bicyclic) bond motifs is 1. The molecular weight excluding hydrogens is 614 g/mol. The van der Waals surface area contributed by atoms with E-state index in [0.717, 1.165) is 16.9 Å². The zero-order chi connectivity index (χ0) is 26.7. The number of alkyl halides is 2. The lowest BCUT2D eigenvalue weighted by molar-refractivity contribution is -0.122. The second-order valence-electron chi connectivity index (χ2n) is 7.68. The Balaban J connectivity index is 1.46. The first kappa shape index (κ1) is 31.5. The van der Waals surface area contributed by atoms with Gasteiger partial charge in [0.15, 0.2) is 0 Å². The lowest BCUT2D eigenvalue weighted by Gasteiger charge is -2.09. The van der Waals surface area contributed by atoms with Gasteiger partial charge in [0.1, 0.15) is 0 Å². The van der Waals surface area contributed by atoms with Crippen LogP contribution in [0, 0.1) is 0 Å². The summed E-state index contributed by atoms with van der Waals surface area (Å²) in [4.78, 5) is 33.0. The van der Waals surface area contributed by atoms with Gasteiger partial charge in [0.25, 0.3) is 5.91 Å². The third-order valence-electron chi connectivity index (χ3n) is 4.92. The van der Waals surface area contributed by atoms with Gasteiger partial charge in [0.2, 0.25) is 5.91 Å². The van der Waals surface area contributed by atoms with E-state index in [1.165, 1.54) is 0 Å². The number of amides is 2. The van der Waals surface area contributed by atoms with Crippen molar-refractivity contribution in [3.05, 3.63) is 35.2 Å². The smallest absolute Gasteiger partial charge is 0.251 e. The van der Waals surface area contributed by atoms with Gasteiger partial charge in [-0.25, -0.2) is 9.97 Å². The summed E-state index contributed by atoms with van der Waals surface area (Å²) < 4.78 is 21.7. The molecule has 206 valence electrons. The summed E-state index contributed by atoms with van der Waals surface area (Å²) in [7, 11) is 0. The van der Waals surface area contributed by atoms with Crippen LogP contribution in [0.15, 0.2) is 18.2 Å². The van der Waals surface area contributed by atoms with E-state index in [-0.39, 0.29) is 11.8 Å². The van der Waals surface area contributed by atoms with Crippen molar-refractivity contribution < 1.29 is 28.5 Å². The Hall–Kier alpha value is -1.74. The van der Waals surface area contributed by atoms with Gasteiger partial charge in [-0.2, -0.15) is 0 Å². The van der Waals surface area contributed by atoms with Crippen molar-refractivity contribution in [1.82, 2.24) is 20.6 Å². The minimum Gasteiger partial charge on any atom is -0.379 e. The first-order chi connectivity index (χ1) is 18.1. The Kier molecular flexibility index (Phi) is 16.5. The summed E-state index contributed by atoms with van der Waals surface area (Å²) in [6, 6.07) is 5.29. The maximum atomic E-state index is 12.5. The number of hydrogen-bond acceptors (Lipinski definition) is 9. The molecule has 37 heavy (non-hydrogen) atoms. The van der Waals surface area contributed by atoms with Crippen LogP contribution in [0.2, 0.25) is 0 Å². The number of carbonyl (C=O) groups excluding carboxylic acids is 2. The van der Waals surface area contributed by atoms with Gasteiger partial charge in [0.05, 0.1) is 75.3 Å². The fourth-order valence-electron chi connectivity index (χ4n) is 3.05. The Labute approximate surface area is 233 Å². The van der Waals surface area contributed by atoms with Crippen LogP contribution in [0.1, 0.15) is 28.2 Å². The molecule has 13 heteroatoms. The molecule has 1 aromatic heterocycles. The third-order valence-corrected chi connectivity index (χ3v) is 5.98. The average Bonchev–Trinajstić information content (AvgIpc) is 2.92. The molecule has 0 saturated heterocycles. The monoisotopic (exact) mass is 647 g/mol. The van der Waals surface area contributed by atoms with Crippen molar-refractivity contribution in [1.29, 1.82) is 0 Å². The van der Waals surface area contributed by atoms with Crippen molar-refractivity contribution in [2.75, 3.05) is 72.5 Å². The van der Waals surface area contributed by atoms with Gasteiger partial charge in [0, 0.05) is 42.3 Å². The highest BCUT2D eigenvalue weighted by Crippen LogP contribution is 2.18. The largest absolute Gasteiger partial charge is 0.379 e. The second-order valence-corrected chi connectivity index (χ2v) is 8.80. The number of nitrogens with two attached hydrogens (primary N) is 1. The maximum Gasteiger partial charge on any atom is 0.251 e. The second kappa shape index (κ2) is 19.3. The molecule has 0 radical (unpaired) electrons. The summed E-state index contributed by atoms with van der Waals surface area (Å²) >= 11 is 6.85. The van der Waals surface area contributed by atoms with Crippen molar-refractivity contribution in [2.24, 2.45) is 5.73 Å². The number of ether oxygens (including phenoxy) is 4. The minimum atomic E-state index is -0.190. The topological polar surface area (TPSA) is 147 Å². The Bertz CT molecular complexity index is 969. The van der Waals surface area contributed by atoms with Crippen molar-refractivity contribution in [2.45, 2.75) is 17.1 Å². The number of nitrogens with one attached hydrogen (secondary N) is 2. The van der Waals surface area contributed by atoms with Crippen molar-refractivity contribution >= 4 is 54.7 Å². The molecule has 0 bridgehead atoms. The van der Waals surface area contributed by atoms with E-state index in [9.17, 15) is 9.59 Å². The summed E-state index contributed by atoms with van der Waals surface area (Å²) in [6.07, 6.45) is 0.308. The molecule has 1 aromatic carbocycles. The first-order valence-corrected chi connectivity index (χ1v) is 14.3. The summed E-state index contributed by atoms with van der Waals surface area (Å²) in [5.74, 6) is -0.262. The first-order valence-electron chi connectivity index (χ1n) is 12.1. The number of halogens is 2. The van der Waals surface area contributed by atoms with E-state index in [1.807, 2.05) is 0 Å². The van der Waals surface area contributed by atoms with Crippen LogP contribution in [0.5, 0.6) is 0 Å². The summed E-state index contributed by atoms with van der Waals surface area (Å²) in [5, 5.41) is 6.73. The van der Waals surface area contributed by atoms with E-state index in [4.69, 9.17) is 24.7 Å². The molecule has 0 aliphatic carbocycles. The van der Waals surface area contributed by atoms with Crippen LogP contribution in [0.4, 0.5) is 0 Å². The van der Waals surface area contributed by atoms with Crippen LogP contribution < -0.4 is 16.4 Å². The van der Waals surface area contributed by atoms with E-state index in [1.54, 1.807) is 18.2 Å². The molecule has 2 aromatic rings. The van der Waals surface area contributed by atoms with Gasteiger partial charge >= 0.3 is 0 Å². The number of aromatic nitrogens is 2. The van der Waals surface area contributed by atoms with Crippen LogP contribution in [-0.4, -0.2) is 94.3 Å². The highest BCUT2D eigenvalue weighted by Gasteiger charge is 2.11. The lowest BCUT2D eigenvalue weighted by atomic mass is 10.1. The predicted octanol–water partition coefficient (Wildman–Crippen LogP) is 1.68. The highest BCUT2D eigenvalue weighted by atomic mass is 79.9. The molecule has 4 N–H and O–H groups in total. The maximum absolute atomic E-state index is 12.5. The molecule has 1 heterocycles. The summed E-state index contributed by atoms with van der Waals surface area (Å²) in [6.45, 7) is 4.60. The molecule has 0 aliphatic heterocycles. The third kappa shape index (κ3) is 12.6. The number of hydrogen-bond donors (Lipinski definition) is 3. The van der Waals surface area contributed by atoms with E-state index in [0.29, 0.717) is 101 Å². The number of nitrogens with zero attached hydrogens (tertiary/aromatic N) is 2. The average molecular weight is 649 g/mol. The Morgan fingerprint density at radius 3 is 1.92 bits per heavy atom. The molecular formula is C24H35Br2N5O6. The van der Waals surface area contributed by atoms with Crippen LogP contribution in [0.25, 0.3) is 11.0 Å². The molecule has 0 unspecified atom stereocenters. The zero-order valence-electron chi connectivity index (χ0n) is 20.8. The van der Waals surface area contributed by atoms with Gasteiger partial charge in [-0.3, -0.25) is 9.59 Å². The Morgan fingerprint density at radius 1 is 0.757 bits per heavy atom. The number of rotatable bonds is 20. The molecule has 11 nitrogen and oxygen atoms in total. The Morgan fingerprint density at radius 2 is 1.32 bits per heavy atom. The van der Waals surface area contributed by atoms with Gasteiger partial charge in [-0.15, -0.1) is 0 Å². The zero-order valence-corrected chi connectivity index (χ0v) is 24.0. The fourth-order valence-corrected chi connectivity index (χ4v) is 3.95. The standard InChI is InChI=1S/C24H35Br2N5O6/c25-16-21-22(17-26)31-20-15-18(1-2-19(20)30-21)24(33)29-6-8-35-10-12-37-14-13-36-11-9-34-7-3-23(32)28-5-4-27/h1-2,15H,3-14,16-17,27H2,(H,28,32)(H,29,33). The van der Waals surface area contributed by atoms with Crippen molar-refractivity contribution in [3.63, 3.8) is 0 Å². The van der Waals surface area contributed by atoms with Crippen LogP contribution >= 0.6 is 31.9 Å². The lowest BCUT2D eigenvalue weighted by Crippen LogP contribution is -2.29. The molecule has 0 fully saturated rings. The number of carbonyl (C=O) groups is 2. The van der Waals surface area contributed by atoms with Crippen LogP contribution in [-0.2, 0) is 34.4 Å². The van der Waals surface area contributed by atoms with Gasteiger partial charge < -0.3 is 35.3 Å². The normalized spacial score (nSPS) is 11.1.